The number of aliphatic hydroxyl groups excluding tert-OH is 1. The first-order valence-electron chi connectivity index (χ1n) is 23.5. The van der Waals surface area contributed by atoms with Gasteiger partial charge >= 0.3 is 5.97 Å². The van der Waals surface area contributed by atoms with Crippen molar-refractivity contribution in [3.8, 4) is 0 Å². The molecule has 0 aliphatic heterocycles. The Balaban J connectivity index is 0.894. The number of carbonyl (C=O) groups is 1. The number of hydrogen-bond acceptors (Lipinski definition) is 5. The SMILES string of the molecule is C[C@H]1[C@H](C)CC[C@]2(C(=O)OCCOCCOCC[P+](c3ccccc3)(c3ccccc3)c3ccccc3)CC[C@]3(C)C(=CC[C@@H]4[C@@]5(C)CC[C@H](O)C(C)(C)[C@@H]5CC[C@]43C)[C@H]12. The maximum atomic E-state index is 14.6. The summed E-state index contributed by atoms with van der Waals surface area (Å²) in [5.41, 5.74) is 1.49. The second kappa shape index (κ2) is 17.0. The Morgan fingerprint density at radius 3 is 1.83 bits per heavy atom. The van der Waals surface area contributed by atoms with Crippen LogP contribution in [0.3, 0.4) is 0 Å². The Hall–Kier alpha value is -2.82. The van der Waals surface area contributed by atoms with E-state index in [0.29, 0.717) is 50.1 Å². The fourth-order valence-corrected chi connectivity index (χ4v) is 18.7. The highest BCUT2D eigenvalue weighted by Crippen LogP contribution is 2.76. The van der Waals surface area contributed by atoms with Crippen LogP contribution in [0.25, 0.3) is 0 Å². The maximum absolute atomic E-state index is 14.6. The minimum absolute atomic E-state index is 0.00283. The summed E-state index contributed by atoms with van der Waals surface area (Å²) in [7, 11) is -1.94. The van der Waals surface area contributed by atoms with Gasteiger partial charge in [0.15, 0.2) is 0 Å². The number of allylic oxidation sites excluding steroid dienone is 2. The van der Waals surface area contributed by atoms with Crippen molar-refractivity contribution in [1.82, 2.24) is 0 Å². The van der Waals surface area contributed by atoms with Gasteiger partial charge in [-0.3, -0.25) is 4.79 Å². The van der Waals surface area contributed by atoms with Crippen molar-refractivity contribution in [1.29, 1.82) is 0 Å². The molecule has 0 aromatic heterocycles. The van der Waals surface area contributed by atoms with E-state index in [0.717, 1.165) is 51.1 Å². The third kappa shape index (κ3) is 7.09. The third-order valence-corrected chi connectivity index (χ3v) is 22.8. The highest BCUT2D eigenvalue weighted by molar-refractivity contribution is 7.95. The molecule has 8 rings (SSSR count). The van der Waals surface area contributed by atoms with E-state index < -0.39 is 12.7 Å². The molecule has 4 fully saturated rings. The van der Waals surface area contributed by atoms with Crippen molar-refractivity contribution in [3.05, 3.63) is 103 Å². The molecule has 0 amide bonds. The molecule has 0 radical (unpaired) electrons. The van der Waals surface area contributed by atoms with Gasteiger partial charge in [-0.2, -0.15) is 0 Å². The molecule has 1 N–H and O–H groups in total. The molecule has 3 aromatic rings. The van der Waals surface area contributed by atoms with Gasteiger partial charge in [0.2, 0.25) is 0 Å². The number of esters is 1. The van der Waals surface area contributed by atoms with Crippen LogP contribution in [-0.4, -0.2) is 56.4 Å². The number of ether oxygens (including phenoxy) is 3. The quantitative estimate of drug-likeness (QED) is 0.0804. The van der Waals surface area contributed by atoms with Gasteiger partial charge in [-0.15, -0.1) is 0 Å². The molecule has 4 saturated carbocycles. The fraction of sp³-hybridized carbons (Fsp3) is 0.611. The first-order valence-corrected chi connectivity index (χ1v) is 25.5. The van der Waals surface area contributed by atoms with Gasteiger partial charge < -0.3 is 19.3 Å². The number of hydrogen-bond donors (Lipinski definition) is 1. The summed E-state index contributed by atoms with van der Waals surface area (Å²) < 4.78 is 18.6. The molecule has 0 unspecified atom stereocenters. The average molecular weight is 834 g/mol. The molecule has 5 aliphatic carbocycles. The minimum atomic E-state index is -1.94. The largest absolute Gasteiger partial charge is 0.463 e. The Labute approximate surface area is 362 Å². The number of rotatable bonds is 13. The van der Waals surface area contributed by atoms with E-state index in [4.69, 9.17) is 14.2 Å². The third-order valence-electron chi connectivity index (χ3n) is 18.4. The summed E-state index contributed by atoms with van der Waals surface area (Å²) >= 11 is 0. The van der Waals surface area contributed by atoms with Crippen LogP contribution in [0.15, 0.2) is 103 Å². The van der Waals surface area contributed by atoms with Crippen molar-refractivity contribution < 1.29 is 24.1 Å². The number of carbonyl (C=O) groups excluding carboxylic acids is 1. The van der Waals surface area contributed by atoms with Gasteiger partial charge in [-0.05, 0) is 145 Å². The van der Waals surface area contributed by atoms with E-state index in [1.54, 1.807) is 5.57 Å². The molecule has 324 valence electrons. The normalized spacial score (nSPS) is 35.8. The summed E-state index contributed by atoms with van der Waals surface area (Å²) in [5, 5.41) is 15.2. The Morgan fingerprint density at radius 2 is 1.23 bits per heavy atom. The van der Waals surface area contributed by atoms with Crippen LogP contribution in [0, 0.1) is 56.7 Å². The molecule has 5 aliphatic rings. The van der Waals surface area contributed by atoms with Crippen molar-refractivity contribution in [2.24, 2.45) is 56.7 Å². The van der Waals surface area contributed by atoms with Crippen molar-refractivity contribution in [2.75, 3.05) is 39.2 Å². The summed E-state index contributed by atoms with van der Waals surface area (Å²) in [4.78, 5) is 14.6. The van der Waals surface area contributed by atoms with Crippen LogP contribution in [0.4, 0.5) is 0 Å². The van der Waals surface area contributed by atoms with Crippen LogP contribution >= 0.6 is 7.26 Å². The van der Waals surface area contributed by atoms with Crippen molar-refractivity contribution in [3.63, 3.8) is 0 Å². The van der Waals surface area contributed by atoms with E-state index in [2.05, 4.69) is 146 Å². The molecular formula is C54H74O5P+. The zero-order valence-corrected chi connectivity index (χ0v) is 38.7. The maximum Gasteiger partial charge on any atom is 0.312 e. The first kappa shape index (κ1) is 43.8. The lowest BCUT2D eigenvalue weighted by Gasteiger charge is -2.71. The van der Waals surface area contributed by atoms with E-state index in [1.807, 2.05) is 0 Å². The van der Waals surface area contributed by atoms with Crippen LogP contribution in [-0.2, 0) is 19.0 Å². The molecule has 0 saturated heterocycles. The van der Waals surface area contributed by atoms with E-state index in [1.165, 1.54) is 28.8 Å². The van der Waals surface area contributed by atoms with Crippen LogP contribution in [0.5, 0.6) is 0 Å². The summed E-state index contributed by atoms with van der Waals surface area (Å²) in [6.45, 7) is 19.5. The van der Waals surface area contributed by atoms with Gasteiger partial charge in [-0.25, -0.2) is 0 Å². The van der Waals surface area contributed by atoms with Crippen LogP contribution in [0.1, 0.15) is 106 Å². The average Bonchev–Trinajstić information content (AvgIpc) is 3.25. The molecule has 10 atom stereocenters. The minimum Gasteiger partial charge on any atom is -0.463 e. The molecule has 5 nitrogen and oxygen atoms in total. The summed E-state index contributed by atoms with van der Waals surface area (Å²) in [6, 6.07) is 32.8. The standard InChI is InChI=1S/C54H74O5P/c1-39-25-30-54(32-31-52(6)44(48(54)40(39)2)23-24-46-51(5)28-27-47(55)50(3,4)45(51)26-29-53(46,52)7)49(56)59-36-35-57-33-34-58-37-38-60(41-17-11-8-12-18-41,42-19-13-9-14-20-42)43-21-15-10-16-22-43/h8-23,39-40,45-48,55H,24-38H2,1-7H3/q+1/t39-,40+,45+,46-,47+,48+,51+,52-,53-,54+/m1/s1. The van der Waals surface area contributed by atoms with Gasteiger partial charge in [0.25, 0.3) is 0 Å². The van der Waals surface area contributed by atoms with Gasteiger partial charge in [0.05, 0.1) is 44.1 Å². The molecule has 6 heteroatoms. The molecule has 0 bridgehead atoms. The topological polar surface area (TPSA) is 65.0 Å². The zero-order valence-electron chi connectivity index (χ0n) is 37.8. The first-order chi connectivity index (χ1) is 28.8. The van der Waals surface area contributed by atoms with Crippen LogP contribution in [0.2, 0.25) is 0 Å². The second-order valence-electron chi connectivity index (χ2n) is 21.1. The van der Waals surface area contributed by atoms with Gasteiger partial charge in [-0.1, -0.05) is 115 Å². The predicted molar refractivity (Wildman–Crippen MR) is 248 cm³/mol. The van der Waals surface area contributed by atoms with Gasteiger partial charge in [0.1, 0.15) is 29.8 Å². The Kier molecular flexibility index (Phi) is 12.4. The lowest BCUT2D eigenvalue weighted by Crippen LogP contribution is -2.65. The number of aliphatic hydroxyl groups is 1. The van der Waals surface area contributed by atoms with Crippen LogP contribution < -0.4 is 15.9 Å². The van der Waals surface area contributed by atoms with Gasteiger partial charge in [0, 0.05) is 0 Å². The molecule has 60 heavy (non-hydrogen) atoms. The smallest absolute Gasteiger partial charge is 0.312 e. The predicted octanol–water partition coefficient (Wildman–Crippen LogP) is 10.6. The highest BCUT2D eigenvalue weighted by Gasteiger charge is 2.69. The molecular weight excluding hydrogens is 760 g/mol. The zero-order chi connectivity index (χ0) is 42.4. The Bertz CT molecular complexity index is 1870. The highest BCUT2D eigenvalue weighted by atomic mass is 31.2. The molecule has 0 spiro atoms. The van der Waals surface area contributed by atoms with E-state index in [-0.39, 0.29) is 46.3 Å². The van der Waals surface area contributed by atoms with Crippen molar-refractivity contribution in [2.45, 2.75) is 112 Å². The summed E-state index contributed by atoms with van der Waals surface area (Å²) in [6.07, 6.45) is 12.8. The Morgan fingerprint density at radius 1 is 0.667 bits per heavy atom. The lowest BCUT2D eigenvalue weighted by molar-refractivity contribution is -0.207. The fourth-order valence-electron chi connectivity index (χ4n) is 14.6. The monoisotopic (exact) mass is 834 g/mol. The lowest BCUT2D eigenvalue weighted by atomic mass is 9.33. The summed E-state index contributed by atoms with van der Waals surface area (Å²) in [5.74, 6) is 2.33. The number of benzene rings is 3. The second-order valence-corrected chi connectivity index (χ2v) is 24.7. The molecule has 0 heterocycles. The number of fused-ring (bicyclic) bond motifs is 7. The van der Waals surface area contributed by atoms with E-state index in [9.17, 15) is 9.90 Å². The van der Waals surface area contributed by atoms with E-state index >= 15 is 0 Å². The van der Waals surface area contributed by atoms with Crippen molar-refractivity contribution >= 4 is 29.1 Å². The molecule has 3 aromatic carbocycles.